The van der Waals surface area contributed by atoms with Gasteiger partial charge in [0.15, 0.2) is 5.60 Å². The van der Waals surface area contributed by atoms with Gasteiger partial charge in [0.25, 0.3) is 0 Å². The van der Waals surface area contributed by atoms with Crippen molar-refractivity contribution in [3.63, 3.8) is 0 Å². The van der Waals surface area contributed by atoms with Gasteiger partial charge in [0, 0.05) is 0 Å². The van der Waals surface area contributed by atoms with Crippen LogP contribution in [-0.2, 0) is 14.4 Å². The molecule has 8 heteroatoms. The van der Waals surface area contributed by atoms with Crippen LogP contribution < -0.4 is 0 Å². The van der Waals surface area contributed by atoms with E-state index in [4.69, 9.17) is 32.0 Å². The molecule has 0 aliphatic rings. The summed E-state index contributed by atoms with van der Waals surface area (Å²) < 4.78 is 0. The Hall–Kier alpha value is -1.60. The molecule has 7 nitrogen and oxygen atoms in total. The van der Waals surface area contributed by atoms with Crippen molar-refractivity contribution >= 4 is 29.5 Å². The third-order valence-electron chi connectivity index (χ3n) is 1.29. The van der Waals surface area contributed by atoms with Crippen molar-refractivity contribution < 1.29 is 34.8 Å². The van der Waals surface area contributed by atoms with Crippen LogP contribution in [0.25, 0.3) is 0 Å². The van der Waals surface area contributed by atoms with Gasteiger partial charge < -0.3 is 20.4 Å². The van der Waals surface area contributed by atoms with E-state index in [0.29, 0.717) is 0 Å². The molecule has 0 heterocycles. The highest BCUT2D eigenvalue weighted by atomic mass is 35.5. The van der Waals surface area contributed by atoms with E-state index in [2.05, 4.69) is 6.58 Å². The SMILES string of the molecule is C=CCl.O=C(O)CC(O)(CC(=O)O)C(=O)O. The lowest BCUT2D eigenvalue weighted by Gasteiger charge is -2.18. The minimum atomic E-state index is -2.74. The van der Waals surface area contributed by atoms with Crippen molar-refractivity contribution in [3.8, 4) is 0 Å². The van der Waals surface area contributed by atoms with E-state index in [-0.39, 0.29) is 0 Å². The topological polar surface area (TPSA) is 132 Å². The summed E-state index contributed by atoms with van der Waals surface area (Å²) in [5.74, 6) is -5.02. The Kier molecular flexibility index (Phi) is 8.05. The van der Waals surface area contributed by atoms with Crippen molar-refractivity contribution in [2.75, 3.05) is 0 Å². The third-order valence-corrected chi connectivity index (χ3v) is 1.29. The van der Waals surface area contributed by atoms with E-state index in [1.54, 1.807) is 0 Å². The molecule has 0 saturated heterocycles. The number of rotatable bonds is 5. The molecule has 4 N–H and O–H groups in total. The summed E-state index contributed by atoms with van der Waals surface area (Å²) >= 11 is 4.76. The predicted molar refractivity (Wildman–Crippen MR) is 53.1 cm³/mol. The zero-order chi connectivity index (χ0) is 13.4. The second-order valence-electron chi connectivity index (χ2n) is 2.63. The van der Waals surface area contributed by atoms with Crippen LogP contribution in [0.15, 0.2) is 12.1 Å². The monoisotopic (exact) mass is 254 g/mol. The minimum absolute atomic E-state index is 1.14. The van der Waals surface area contributed by atoms with E-state index < -0.39 is 36.4 Å². The molecule has 0 saturated carbocycles. The zero-order valence-corrected chi connectivity index (χ0v) is 8.85. The molecule has 0 rings (SSSR count). The highest BCUT2D eigenvalue weighted by Crippen LogP contribution is 2.15. The number of halogens is 1. The maximum Gasteiger partial charge on any atom is 0.336 e. The van der Waals surface area contributed by atoms with Crippen LogP contribution >= 0.6 is 11.6 Å². The predicted octanol–water partition coefficient (Wildman–Crippen LogP) is 0.120. The van der Waals surface area contributed by atoms with Crippen molar-refractivity contribution in [1.82, 2.24) is 0 Å². The van der Waals surface area contributed by atoms with Gasteiger partial charge >= 0.3 is 17.9 Å². The number of hydrogen-bond donors (Lipinski definition) is 4. The summed E-state index contributed by atoms with van der Waals surface area (Å²) in [5.41, 5.74) is -1.52. The molecule has 0 aromatic carbocycles. The molecule has 0 aliphatic carbocycles. The molecular formula is C8H11ClO7. The largest absolute Gasteiger partial charge is 0.481 e. The maximum atomic E-state index is 10.3. The summed E-state index contributed by atoms with van der Waals surface area (Å²) in [7, 11) is 0. The second-order valence-corrected chi connectivity index (χ2v) is 2.94. The van der Waals surface area contributed by atoms with Gasteiger partial charge in [-0.15, -0.1) is 0 Å². The Morgan fingerprint density at radius 3 is 1.50 bits per heavy atom. The number of carboxylic acids is 3. The van der Waals surface area contributed by atoms with Crippen molar-refractivity contribution in [2.24, 2.45) is 0 Å². The van der Waals surface area contributed by atoms with Gasteiger partial charge in [-0.3, -0.25) is 9.59 Å². The molecule has 0 radical (unpaired) electrons. The highest BCUT2D eigenvalue weighted by Gasteiger charge is 2.40. The van der Waals surface area contributed by atoms with E-state index in [1.807, 2.05) is 0 Å². The Balaban J connectivity index is 0. The lowest BCUT2D eigenvalue weighted by Crippen LogP contribution is -2.42. The van der Waals surface area contributed by atoms with E-state index in [0.717, 1.165) is 0 Å². The van der Waals surface area contributed by atoms with Gasteiger partial charge in [-0.1, -0.05) is 18.2 Å². The molecule has 0 aliphatic heterocycles. The third kappa shape index (κ3) is 7.77. The number of carboxylic acid groups (broad SMARTS) is 3. The first-order chi connectivity index (χ1) is 7.19. The van der Waals surface area contributed by atoms with E-state index in [1.165, 1.54) is 5.54 Å². The van der Waals surface area contributed by atoms with Crippen LogP contribution in [0.4, 0.5) is 0 Å². The highest BCUT2D eigenvalue weighted by molar-refractivity contribution is 6.25. The average Bonchev–Trinajstić information content (AvgIpc) is 2.01. The molecular weight excluding hydrogens is 244 g/mol. The van der Waals surface area contributed by atoms with Gasteiger partial charge in [0.05, 0.1) is 12.8 Å². The first kappa shape index (κ1) is 16.8. The van der Waals surface area contributed by atoms with Crippen LogP contribution in [0, 0.1) is 0 Å². The number of carbonyl (C=O) groups is 3. The van der Waals surface area contributed by atoms with Crippen molar-refractivity contribution in [2.45, 2.75) is 18.4 Å². The lowest BCUT2D eigenvalue weighted by molar-refractivity contribution is -0.170. The summed E-state index contributed by atoms with van der Waals surface area (Å²) in [5, 5.41) is 33.8. The van der Waals surface area contributed by atoms with Gasteiger partial charge in [-0.05, 0) is 5.54 Å². The van der Waals surface area contributed by atoms with Crippen molar-refractivity contribution in [3.05, 3.63) is 12.1 Å². The smallest absolute Gasteiger partial charge is 0.336 e. The Labute approximate surface area is 95.6 Å². The van der Waals surface area contributed by atoms with E-state index >= 15 is 0 Å². The molecule has 0 atom stereocenters. The van der Waals surface area contributed by atoms with Crippen LogP contribution in [0.1, 0.15) is 12.8 Å². The quantitative estimate of drug-likeness (QED) is 0.548. The first-order valence-electron chi connectivity index (χ1n) is 3.80. The summed E-state index contributed by atoms with van der Waals surface area (Å²) in [6.45, 7) is 3.13. The molecule has 16 heavy (non-hydrogen) atoms. The maximum absolute atomic E-state index is 10.3. The zero-order valence-electron chi connectivity index (χ0n) is 8.09. The van der Waals surface area contributed by atoms with Gasteiger partial charge in [-0.25, -0.2) is 4.79 Å². The van der Waals surface area contributed by atoms with Crippen LogP contribution in [-0.4, -0.2) is 43.9 Å². The molecule has 0 fully saturated rings. The Morgan fingerprint density at radius 1 is 1.12 bits per heavy atom. The fourth-order valence-corrected chi connectivity index (χ4v) is 0.714. The first-order valence-corrected chi connectivity index (χ1v) is 4.23. The molecule has 0 spiro atoms. The summed E-state index contributed by atoms with van der Waals surface area (Å²) in [6.07, 6.45) is -2.29. The summed E-state index contributed by atoms with van der Waals surface area (Å²) in [6, 6.07) is 0. The van der Waals surface area contributed by atoms with Crippen LogP contribution in [0.3, 0.4) is 0 Å². The molecule has 92 valence electrons. The number of aliphatic carboxylic acids is 3. The second kappa shape index (κ2) is 7.66. The normalized spacial score (nSPS) is 9.62. The minimum Gasteiger partial charge on any atom is -0.481 e. The standard InChI is InChI=1S/C6H8O7.C2H3Cl/c7-3(8)1-6(13,5(11)12)2-4(9)10;1-2-3/h13H,1-2H2,(H,7,8)(H,9,10)(H,11,12);2H,1H2. The fourth-order valence-electron chi connectivity index (χ4n) is 0.714. The Bertz CT molecular complexity index is 270. The van der Waals surface area contributed by atoms with Gasteiger partial charge in [-0.2, -0.15) is 0 Å². The lowest BCUT2D eigenvalue weighted by atomic mass is 9.96. The Morgan fingerprint density at radius 2 is 1.38 bits per heavy atom. The molecule has 0 aromatic heterocycles. The number of aliphatic hydroxyl groups is 1. The van der Waals surface area contributed by atoms with Gasteiger partial charge in [0.2, 0.25) is 0 Å². The summed E-state index contributed by atoms with van der Waals surface area (Å²) in [4.78, 5) is 30.5. The van der Waals surface area contributed by atoms with Gasteiger partial charge in [0.1, 0.15) is 0 Å². The van der Waals surface area contributed by atoms with Crippen LogP contribution in [0.2, 0.25) is 0 Å². The molecule has 0 unspecified atom stereocenters. The average molecular weight is 255 g/mol. The fraction of sp³-hybridized carbons (Fsp3) is 0.375. The van der Waals surface area contributed by atoms with E-state index in [9.17, 15) is 14.4 Å². The molecule has 0 bridgehead atoms. The molecule has 0 aromatic rings. The van der Waals surface area contributed by atoms with Crippen molar-refractivity contribution in [1.29, 1.82) is 0 Å². The van der Waals surface area contributed by atoms with Crippen LogP contribution in [0.5, 0.6) is 0 Å². The number of hydrogen-bond acceptors (Lipinski definition) is 4. The molecule has 0 amide bonds.